The number of ether oxygens (including phenoxy) is 1. The van der Waals surface area contributed by atoms with Crippen LogP contribution in [0, 0.1) is 55.4 Å². The molecule has 0 aliphatic carbocycles. The molecule has 0 atom stereocenters. The number of alkyl halides is 3. The smallest absolute Gasteiger partial charge is 0.406 e. The molecule has 1 N–H and O–H groups in total. The zero-order valence-electron chi connectivity index (χ0n) is 14.7. The second kappa shape index (κ2) is 10.4. The predicted octanol–water partition coefficient (Wildman–Crippen LogP) is 4.10. The summed E-state index contributed by atoms with van der Waals surface area (Å²) >= 11 is 0. The van der Waals surface area contributed by atoms with Gasteiger partial charge in [-0.2, -0.15) is 6.42 Å². The Balaban J connectivity index is 0.00000392. The summed E-state index contributed by atoms with van der Waals surface area (Å²) in [6.45, 7) is 7.23. The minimum absolute atomic E-state index is 0. The van der Waals surface area contributed by atoms with Crippen molar-refractivity contribution in [2.24, 2.45) is 0 Å². The van der Waals surface area contributed by atoms with Crippen LogP contribution in [0.2, 0.25) is 0 Å². The molecule has 0 radical (unpaired) electrons. The van der Waals surface area contributed by atoms with Gasteiger partial charge in [-0.3, -0.25) is 4.79 Å². The van der Waals surface area contributed by atoms with Crippen LogP contribution >= 0.6 is 0 Å². The monoisotopic (exact) mass is 610 g/mol. The topological polar surface area (TPSA) is 62.1 Å². The fourth-order valence-electron chi connectivity index (χ4n) is 2.41. The number of nitriles is 1. The summed E-state index contributed by atoms with van der Waals surface area (Å²) in [6.07, 6.45) is -3.36. The first-order valence-electron chi connectivity index (χ1n) is 7.81. The van der Waals surface area contributed by atoms with Crippen LogP contribution in [0.1, 0.15) is 16.7 Å². The number of carbonyl (C=O) groups is 1. The molecule has 4 nitrogen and oxygen atoms in total. The molecule has 2 aromatic rings. The molecule has 0 spiro atoms. The zero-order chi connectivity index (χ0) is 20.0. The SMILES string of the molecule is C=CC(=O)NCc1cc(-c2ccc(OC(F)(F)F)cc2)[c-]c(C[CH2-])c1C#N.[U+2]. The molecular formula is C20H15F3N2O2U. The molecular weight excluding hydrogens is 595 g/mol. The van der Waals surface area contributed by atoms with Gasteiger partial charge in [0.25, 0.3) is 0 Å². The molecule has 0 saturated heterocycles. The van der Waals surface area contributed by atoms with Crippen molar-refractivity contribution in [1.82, 2.24) is 5.32 Å². The standard InChI is InChI=1S/C20H15F3N2O2.U/c1-3-13-9-15(10-16(18(13)11-24)12-25-19(26)4-2)14-5-7-17(8-6-14)27-20(21,22)23;/h4-8,10H,1-3,12H2,(H,25,26);/q-2;+2. The molecule has 2 aromatic carbocycles. The largest absolute Gasteiger partial charge is 2.00 e. The Morgan fingerprint density at radius 1 is 1.36 bits per heavy atom. The molecule has 1 amide bonds. The summed E-state index contributed by atoms with van der Waals surface area (Å²) in [5.41, 5.74) is 2.60. The van der Waals surface area contributed by atoms with E-state index in [2.05, 4.69) is 35.7 Å². The fraction of sp³-hybridized carbons (Fsp3) is 0.150. The van der Waals surface area contributed by atoms with Gasteiger partial charge in [-0.05, 0) is 23.8 Å². The number of benzene rings is 2. The minimum atomic E-state index is -4.76. The number of nitrogens with one attached hydrogen (secondary N) is 1. The summed E-state index contributed by atoms with van der Waals surface area (Å²) in [7, 11) is 0. The summed E-state index contributed by atoms with van der Waals surface area (Å²) in [6, 6.07) is 12.1. The Bertz CT molecular complexity index is 888. The maximum absolute atomic E-state index is 12.3. The Morgan fingerprint density at radius 2 is 2.00 bits per heavy atom. The maximum Gasteiger partial charge on any atom is 2.00 e. The molecule has 0 saturated carbocycles. The van der Waals surface area contributed by atoms with E-state index in [1.165, 1.54) is 24.3 Å². The van der Waals surface area contributed by atoms with E-state index in [0.717, 1.165) is 6.08 Å². The van der Waals surface area contributed by atoms with E-state index in [1.54, 1.807) is 6.07 Å². The quantitative estimate of drug-likeness (QED) is 0.396. The van der Waals surface area contributed by atoms with Crippen molar-refractivity contribution in [3.63, 3.8) is 0 Å². The van der Waals surface area contributed by atoms with E-state index >= 15 is 0 Å². The van der Waals surface area contributed by atoms with Crippen LogP contribution in [0.4, 0.5) is 13.2 Å². The third-order valence-corrected chi connectivity index (χ3v) is 3.63. The van der Waals surface area contributed by atoms with Gasteiger partial charge < -0.3 is 17.0 Å². The van der Waals surface area contributed by atoms with Gasteiger partial charge in [0.15, 0.2) is 0 Å². The minimum Gasteiger partial charge on any atom is -0.406 e. The molecule has 28 heavy (non-hydrogen) atoms. The molecule has 0 bridgehead atoms. The van der Waals surface area contributed by atoms with E-state index in [0.29, 0.717) is 27.8 Å². The normalized spacial score (nSPS) is 10.4. The molecule has 0 aliphatic heterocycles. The number of carbonyl (C=O) groups excluding carboxylic acids is 1. The van der Waals surface area contributed by atoms with E-state index in [4.69, 9.17) is 0 Å². The van der Waals surface area contributed by atoms with Crippen molar-refractivity contribution >= 4 is 5.91 Å². The molecule has 2 rings (SSSR count). The summed E-state index contributed by atoms with van der Waals surface area (Å²) in [5, 5.41) is 12.0. The Hall–Kier alpha value is -2.22. The van der Waals surface area contributed by atoms with Crippen LogP contribution < -0.4 is 10.1 Å². The number of hydrogen-bond donors (Lipinski definition) is 1. The van der Waals surface area contributed by atoms with Crippen LogP contribution in [0.15, 0.2) is 43.0 Å². The van der Waals surface area contributed by atoms with Gasteiger partial charge in [-0.25, -0.2) is 5.26 Å². The van der Waals surface area contributed by atoms with E-state index in [9.17, 15) is 23.2 Å². The van der Waals surface area contributed by atoms with Gasteiger partial charge in [0.1, 0.15) is 5.75 Å². The van der Waals surface area contributed by atoms with Crippen molar-refractivity contribution in [1.29, 1.82) is 5.26 Å². The van der Waals surface area contributed by atoms with Crippen molar-refractivity contribution in [3.05, 3.63) is 72.7 Å². The van der Waals surface area contributed by atoms with Crippen molar-refractivity contribution in [2.45, 2.75) is 19.3 Å². The summed E-state index contributed by atoms with van der Waals surface area (Å²) in [5.74, 6) is -0.728. The van der Waals surface area contributed by atoms with E-state index in [-0.39, 0.29) is 49.8 Å². The van der Waals surface area contributed by atoms with Crippen LogP contribution in [0.3, 0.4) is 0 Å². The van der Waals surface area contributed by atoms with Crippen LogP contribution in [-0.4, -0.2) is 12.3 Å². The van der Waals surface area contributed by atoms with Crippen molar-refractivity contribution < 1.29 is 53.8 Å². The number of amides is 1. The second-order valence-electron chi connectivity index (χ2n) is 5.42. The third kappa shape index (κ3) is 6.44. The number of rotatable bonds is 6. The predicted molar refractivity (Wildman–Crippen MR) is 93.2 cm³/mol. The van der Waals surface area contributed by atoms with Gasteiger partial charge in [0.2, 0.25) is 5.91 Å². The third-order valence-electron chi connectivity index (χ3n) is 3.63. The van der Waals surface area contributed by atoms with Crippen LogP contribution in [0.5, 0.6) is 5.75 Å². The van der Waals surface area contributed by atoms with Gasteiger partial charge in [-0.15, -0.1) is 36.4 Å². The summed E-state index contributed by atoms with van der Waals surface area (Å²) < 4.78 is 40.7. The number of halogens is 3. The average molecular weight is 610 g/mol. The molecule has 0 fully saturated rings. The van der Waals surface area contributed by atoms with Gasteiger partial charge in [0, 0.05) is 12.6 Å². The molecule has 142 valence electrons. The Kier molecular flexibility index (Phi) is 8.81. The van der Waals surface area contributed by atoms with E-state index in [1.807, 2.05) is 0 Å². The second-order valence-corrected chi connectivity index (χ2v) is 5.42. The van der Waals surface area contributed by atoms with Crippen molar-refractivity contribution in [2.75, 3.05) is 0 Å². The molecule has 8 heteroatoms. The molecule has 0 unspecified atom stereocenters. The molecule has 0 aromatic heterocycles. The number of nitrogens with zero attached hydrogens (tertiary/aromatic N) is 1. The molecule has 0 heterocycles. The van der Waals surface area contributed by atoms with Crippen molar-refractivity contribution in [3.8, 4) is 22.9 Å². The number of hydrogen-bond acceptors (Lipinski definition) is 3. The first-order valence-corrected chi connectivity index (χ1v) is 7.81. The van der Waals surface area contributed by atoms with Gasteiger partial charge in [-0.1, -0.05) is 29.8 Å². The maximum atomic E-state index is 12.3. The first kappa shape index (κ1) is 23.8. The van der Waals surface area contributed by atoms with Crippen LogP contribution in [-0.2, 0) is 17.8 Å². The fourth-order valence-corrected chi connectivity index (χ4v) is 2.41. The summed E-state index contributed by atoms with van der Waals surface area (Å²) in [4.78, 5) is 11.4. The first-order chi connectivity index (χ1) is 12.8. The zero-order valence-corrected chi connectivity index (χ0v) is 18.9. The Morgan fingerprint density at radius 3 is 2.50 bits per heavy atom. The average Bonchev–Trinajstić information content (AvgIpc) is 2.64. The van der Waals surface area contributed by atoms with E-state index < -0.39 is 12.3 Å². The van der Waals surface area contributed by atoms with Gasteiger partial charge in [0.05, 0.1) is 0 Å². The van der Waals surface area contributed by atoms with Crippen LogP contribution in [0.25, 0.3) is 11.1 Å². The van der Waals surface area contributed by atoms with Gasteiger partial charge >= 0.3 is 37.5 Å². The molecule has 0 aliphatic rings. The Labute approximate surface area is 184 Å².